The molecule has 0 unspecified atom stereocenters. The lowest BCUT2D eigenvalue weighted by Gasteiger charge is -2.36. The summed E-state index contributed by atoms with van der Waals surface area (Å²) in [5.41, 5.74) is 3.24. The third-order valence-corrected chi connectivity index (χ3v) is 5.09. The zero-order valence-corrected chi connectivity index (χ0v) is 19.0. The molecule has 0 aliphatic rings. The van der Waals surface area contributed by atoms with Crippen molar-refractivity contribution in [2.24, 2.45) is 5.73 Å². The van der Waals surface area contributed by atoms with Gasteiger partial charge in [-0.2, -0.15) is 0 Å². The number of β-amino-alcohol motifs (C(OH)–C–C–N with tert-alkyl or cyclic N) is 1. The smallest absolute Gasteiger partial charge is 0.254 e. The number of nitrogens with zero attached hydrogens (tertiary/aromatic N) is 2. The average molecular weight is 404 g/mol. The number of aliphatic hydroxyl groups excluding tert-OH is 1. The van der Waals surface area contributed by atoms with Gasteiger partial charge in [0.1, 0.15) is 5.60 Å². The highest BCUT2D eigenvalue weighted by molar-refractivity contribution is 5.93. The van der Waals surface area contributed by atoms with Gasteiger partial charge in [-0.1, -0.05) is 0 Å². The summed E-state index contributed by atoms with van der Waals surface area (Å²) in [5, 5.41) is 9.10. The maximum absolute atomic E-state index is 12.8. The molecule has 0 aliphatic heterocycles. The first-order valence-corrected chi connectivity index (χ1v) is 9.80. The maximum atomic E-state index is 12.8. The van der Waals surface area contributed by atoms with Crippen molar-refractivity contribution in [3.8, 4) is 0 Å². The Kier molecular flexibility index (Phi) is 10.8. The SMILES string of the molecule is CN(CC(=O)C(C)(C)N(C)CCO)C(=O)C(C)(C)OCCC(C)(C)OCCN. The summed E-state index contributed by atoms with van der Waals surface area (Å²) in [7, 11) is 3.37. The van der Waals surface area contributed by atoms with Crippen molar-refractivity contribution in [3.05, 3.63) is 0 Å². The molecule has 0 heterocycles. The van der Waals surface area contributed by atoms with Crippen LogP contribution in [0.3, 0.4) is 0 Å². The van der Waals surface area contributed by atoms with Crippen LogP contribution in [-0.2, 0) is 19.1 Å². The molecule has 0 rings (SSSR count). The van der Waals surface area contributed by atoms with Crippen LogP contribution in [0.4, 0.5) is 0 Å². The molecule has 0 fully saturated rings. The standard InChI is InChI=1S/C20H41N3O5/c1-18(2,27-14-10-21)9-13-28-20(5,6)17(26)22(7)15-16(25)19(3,4)23(8)11-12-24/h24H,9-15,21H2,1-8H3. The lowest BCUT2D eigenvalue weighted by molar-refractivity contribution is -0.157. The van der Waals surface area contributed by atoms with Crippen LogP contribution in [-0.4, -0.2) is 96.9 Å². The molecule has 0 saturated carbocycles. The van der Waals surface area contributed by atoms with Crippen molar-refractivity contribution in [2.45, 2.75) is 64.7 Å². The molecule has 0 radical (unpaired) electrons. The second-order valence-corrected chi connectivity index (χ2v) is 8.79. The molecular formula is C20H41N3O5. The van der Waals surface area contributed by atoms with Crippen LogP contribution in [0.2, 0.25) is 0 Å². The number of carbonyl (C=O) groups is 2. The van der Waals surface area contributed by atoms with Gasteiger partial charge in [-0.25, -0.2) is 0 Å². The minimum absolute atomic E-state index is 0.0283. The second-order valence-electron chi connectivity index (χ2n) is 8.79. The molecule has 0 atom stereocenters. The number of carbonyl (C=O) groups excluding carboxylic acids is 2. The minimum atomic E-state index is -1.06. The number of ketones is 1. The van der Waals surface area contributed by atoms with Crippen LogP contribution in [0.1, 0.15) is 48.0 Å². The van der Waals surface area contributed by atoms with Crippen LogP contribution < -0.4 is 5.73 Å². The van der Waals surface area contributed by atoms with Crippen molar-refractivity contribution >= 4 is 11.7 Å². The average Bonchev–Trinajstić information content (AvgIpc) is 2.58. The van der Waals surface area contributed by atoms with Crippen molar-refractivity contribution in [1.82, 2.24) is 9.80 Å². The first-order chi connectivity index (χ1) is 12.7. The molecule has 0 aromatic rings. The first-order valence-electron chi connectivity index (χ1n) is 9.80. The van der Waals surface area contributed by atoms with Crippen molar-refractivity contribution in [2.75, 3.05) is 53.6 Å². The van der Waals surface area contributed by atoms with Crippen molar-refractivity contribution in [1.29, 1.82) is 0 Å². The summed E-state index contributed by atoms with van der Waals surface area (Å²) in [5.74, 6) is -0.367. The van der Waals surface area contributed by atoms with E-state index in [2.05, 4.69) is 0 Å². The largest absolute Gasteiger partial charge is 0.395 e. The van der Waals surface area contributed by atoms with E-state index >= 15 is 0 Å². The van der Waals surface area contributed by atoms with Gasteiger partial charge in [0.25, 0.3) is 5.91 Å². The van der Waals surface area contributed by atoms with Gasteiger partial charge in [0, 0.05) is 20.1 Å². The van der Waals surface area contributed by atoms with E-state index in [9.17, 15) is 9.59 Å². The third-order valence-electron chi connectivity index (χ3n) is 5.09. The van der Waals surface area contributed by atoms with Crippen LogP contribution >= 0.6 is 0 Å². The third kappa shape index (κ3) is 8.53. The fraction of sp³-hybridized carbons (Fsp3) is 0.900. The Bertz CT molecular complexity index is 506. The Balaban J connectivity index is 4.76. The van der Waals surface area contributed by atoms with E-state index < -0.39 is 11.1 Å². The highest BCUT2D eigenvalue weighted by atomic mass is 16.5. The summed E-state index contributed by atoms with van der Waals surface area (Å²) < 4.78 is 11.5. The summed E-state index contributed by atoms with van der Waals surface area (Å²) in [6, 6.07) is 0. The number of amides is 1. The Hall–Kier alpha value is -1.06. The predicted octanol–water partition coefficient (Wildman–Crippen LogP) is 0.656. The van der Waals surface area contributed by atoms with Gasteiger partial charge in [-0.15, -0.1) is 0 Å². The molecule has 166 valence electrons. The molecule has 0 aromatic heterocycles. The van der Waals surface area contributed by atoms with Gasteiger partial charge < -0.3 is 25.2 Å². The summed E-state index contributed by atoms with van der Waals surface area (Å²) in [4.78, 5) is 28.7. The van der Waals surface area contributed by atoms with Crippen LogP contribution in [0.5, 0.6) is 0 Å². The Labute approximate surface area is 170 Å². The molecule has 0 saturated heterocycles. The predicted molar refractivity (Wildman–Crippen MR) is 110 cm³/mol. The molecule has 8 heteroatoms. The molecule has 0 aromatic carbocycles. The van der Waals surface area contributed by atoms with E-state index in [4.69, 9.17) is 20.3 Å². The lowest BCUT2D eigenvalue weighted by Crippen LogP contribution is -2.54. The Morgan fingerprint density at radius 1 is 1.00 bits per heavy atom. The highest BCUT2D eigenvalue weighted by Gasteiger charge is 2.37. The van der Waals surface area contributed by atoms with E-state index in [0.717, 1.165) is 0 Å². The number of Topliss-reactive ketones (excluding diaryl/α,β-unsaturated/α-hetero) is 1. The topological polar surface area (TPSA) is 105 Å². The minimum Gasteiger partial charge on any atom is -0.395 e. The zero-order chi connectivity index (χ0) is 22.2. The molecule has 3 N–H and O–H groups in total. The van der Waals surface area contributed by atoms with E-state index in [1.165, 1.54) is 4.90 Å². The van der Waals surface area contributed by atoms with Gasteiger partial charge in [-0.3, -0.25) is 14.5 Å². The van der Waals surface area contributed by atoms with Gasteiger partial charge >= 0.3 is 0 Å². The Morgan fingerprint density at radius 2 is 1.57 bits per heavy atom. The van der Waals surface area contributed by atoms with Gasteiger partial charge in [0.05, 0.1) is 37.5 Å². The van der Waals surface area contributed by atoms with Gasteiger partial charge in [0.15, 0.2) is 5.78 Å². The molecule has 8 nitrogen and oxygen atoms in total. The number of aliphatic hydroxyl groups is 1. The molecule has 0 bridgehead atoms. The number of rotatable bonds is 14. The van der Waals surface area contributed by atoms with Crippen molar-refractivity contribution in [3.63, 3.8) is 0 Å². The van der Waals surface area contributed by atoms with E-state index in [0.29, 0.717) is 32.7 Å². The van der Waals surface area contributed by atoms with Gasteiger partial charge in [-0.05, 0) is 55.0 Å². The summed E-state index contributed by atoms with van der Waals surface area (Å²) in [6.07, 6.45) is 0.616. The molecule has 0 spiro atoms. The molecular weight excluding hydrogens is 362 g/mol. The highest BCUT2D eigenvalue weighted by Crippen LogP contribution is 2.20. The summed E-state index contributed by atoms with van der Waals surface area (Å²) in [6.45, 7) is 12.5. The molecule has 1 amide bonds. The van der Waals surface area contributed by atoms with E-state index in [1.54, 1.807) is 46.7 Å². The molecule has 28 heavy (non-hydrogen) atoms. The monoisotopic (exact) mass is 403 g/mol. The first kappa shape index (κ1) is 26.9. The van der Waals surface area contributed by atoms with E-state index in [-0.39, 0.29) is 30.4 Å². The zero-order valence-electron chi connectivity index (χ0n) is 19.0. The number of ether oxygens (including phenoxy) is 2. The quantitative estimate of drug-likeness (QED) is 0.439. The van der Waals surface area contributed by atoms with E-state index in [1.807, 2.05) is 13.8 Å². The normalized spacial score (nSPS) is 13.1. The number of likely N-dealkylation sites (N-methyl/N-ethyl adjacent to an activating group) is 2. The van der Waals surface area contributed by atoms with Gasteiger partial charge in [0.2, 0.25) is 0 Å². The number of nitrogens with two attached hydrogens (primary N) is 1. The maximum Gasteiger partial charge on any atom is 0.254 e. The fourth-order valence-electron chi connectivity index (χ4n) is 2.60. The molecule has 0 aliphatic carbocycles. The van der Waals surface area contributed by atoms with Crippen LogP contribution in [0.25, 0.3) is 0 Å². The summed E-state index contributed by atoms with van der Waals surface area (Å²) >= 11 is 0. The number of hydrogen-bond acceptors (Lipinski definition) is 7. The lowest BCUT2D eigenvalue weighted by atomic mass is 9.96. The van der Waals surface area contributed by atoms with Crippen LogP contribution in [0.15, 0.2) is 0 Å². The van der Waals surface area contributed by atoms with Crippen molar-refractivity contribution < 1.29 is 24.2 Å². The Morgan fingerprint density at radius 3 is 2.07 bits per heavy atom. The second kappa shape index (κ2) is 11.2. The number of hydrogen-bond donors (Lipinski definition) is 2. The fourth-order valence-corrected chi connectivity index (χ4v) is 2.60. The van der Waals surface area contributed by atoms with Crippen LogP contribution in [0, 0.1) is 0 Å².